The van der Waals surface area contributed by atoms with Crippen molar-refractivity contribution in [3.63, 3.8) is 0 Å². The van der Waals surface area contributed by atoms with Crippen molar-refractivity contribution in [3.8, 4) is 11.5 Å². The van der Waals surface area contributed by atoms with Crippen LogP contribution in [-0.4, -0.2) is 30.9 Å². The highest BCUT2D eigenvalue weighted by atomic mass is 16.6. The standard InChI is InChI=1S/C18H20O5/c1-3-22-18(20)16(19)17(13-9-5-4-6-10-13)23-15-12-8-7-11-14(15)21-2/h4-12,16-17,19H,3H2,1-2H3. The van der Waals surface area contributed by atoms with Crippen molar-refractivity contribution in [3.05, 3.63) is 60.2 Å². The summed E-state index contributed by atoms with van der Waals surface area (Å²) in [6, 6.07) is 16.1. The highest BCUT2D eigenvalue weighted by molar-refractivity contribution is 5.75. The first kappa shape index (κ1) is 16.8. The molecule has 2 aromatic carbocycles. The summed E-state index contributed by atoms with van der Waals surface area (Å²) >= 11 is 0. The van der Waals surface area contributed by atoms with E-state index in [0.29, 0.717) is 17.1 Å². The number of hydrogen-bond donors (Lipinski definition) is 1. The van der Waals surface area contributed by atoms with Crippen molar-refractivity contribution in [2.45, 2.75) is 19.1 Å². The Kier molecular flexibility index (Phi) is 6.00. The van der Waals surface area contributed by atoms with Gasteiger partial charge >= 0.3 is 5.97 Å². The Morgan fingerprint density at radius 2 is 1.65 bits per heavy atom. The van der Waals surface area contributed by atoms with E-state index in [9.17, 15) is 9.90 Å². The highest BCUT2D eigenvalue weighted by Gasteiger charge is 2.31. The minimum atomic E-state index is -1.44. The van der Waals surface area contributed by atoms with Gasteiger partial charge in [0.05, 0.1) is 13.7 Å². The van der Waals surface area contributed by atoms with Gasteiger partial charge in [-0.15, -0.1) is 0 Å². The maximum atomic E-state index is 11.9. The fourth-order valence-electron chi connectivity index (χ4n) is 2.16. The molecule has 2 atom stereocenters. The summed E-state index contributed by atoms with van der Waals surface area (Å²) in [5.74, 6) is 0.230. The predicted molar refractivity (Wildman–Crippen MR) is 85.4 cm³/mol. The van der Waals surface area contributed by atoms with Crippen molar-refractivity contribution in [1.82, 2.24) is 0 Å². The van der Waals surface area contributed by atoms with E-state index in [1.807, 2.05) is 24.3 Å². The third-order valence-electron chi connectivity index (χ3n) is 3.27. The summed E-state index contributed by atoms with van der Waals surface area (Å²) in [5.41, 5.74) is 0.666. The Morgan fingerprint density at radius 1 is 1.04 bits per heavy atom. The number of aliphatic hydroxyl groups is 1. The van der Waals surface area contributed by atoms with Crippen molar-refractivity contribution in [2.75, 3.05) is 13.7 Å². The number of methoxy groups -OCH3 is 1. The Morgan fingerprint density at radius 3 is 2.26 bits per heavy atom. The van der Waals surface area contributed by atoms with Gasteiger partial charge in [0.2, 0.25) is 0 Å². The Labute approximate surface area is 135 Å². The van der Waals surface area contributed by atoms with Gasteiger partial charge in [0.25, 0.3) is 0 Å². The van der Waals surface area contributed by atoms with Crippen LogP contribution in [0.3, 0.4) is 0 Å². The Balaban J connectivity index is 2.32. The van der Waals surface area contributed by atoms with E-state index >= 15 is 0 Å². The molecule has 0 heterocycles. The molecule has 2 unspecified atom stereocenters. The van der Waals surface area contributed by atoms with Gasteiger partial charge in [-0.2, -0.15) is 0 Å². The van der Waals surface area contributed by atoms with Gasteiger partial charge < -0.3 is 19.3 Å². The van der Waals surface area contributed by atoms with Crippen molar-refractivity contribution in [1.29, 1.82) is 0 Å². The van der Waals surface area contributed by atoms with Crippen LogP contribution < -0.4 is 9.47 Å². The first-order valence-corrected chi connectivity index (χ1v) is 7.36. The molecule has 2 aromatic rings. The van der Waals surface area contributed by atoms with E-state index in [1.54, 1.807) is 37.3 Å². The molecule has 0 aliphatic heterocycles. The first-order chi connectivity index (χ1) is 11.2. The van der Waals surface area contributed by atoms with E-state index < -0.39 is 18.2 Å². The molecule has 0 bridgehead atoms. The number of carbonyl (C=O) groups is 1. The van der Waals surface area contributed by atoms with Crippen LogP contribution in [-0.2, 0) is 9.53 Å². The number of benzene rings is 2. The van der Waals surface area contributed by atoms with Gasteiger partial charge in [0.1, 0.15) is 0 Å². The monoisotopic (exact) mass is 316 g/mol. The summed E-state index contributed by atoms with van der Waals surface area (Å²) in [6.07, 6.45) is -2.34. The second-order valence-corrected chi connectivity index (χ2v) is 4.80. The van der Waals surface area contributed by atoms with Crippen molar-refractivity contribution < 1.29 is 24.1 Å². The third-order valence-corrected chi connectivity index (χ3v) is 3.27. The van der Waals surface area contributed by atoms with Crippen LogP contribution in [0.5, 0.6) is 11.5 Å². The number of aliphatic hydroxyl groups excluding tert-OH is 1. The van der Waals surface area contributed by atoms with Gasteiger partial charge in [0.15, 0.2) is 23.7 Å². The Hall–Kier alpha value is -2.53. The SMILES string of the molecule is CCOC(=O)C(O)C(Oc1ccccc1OC)c1ccccc1. The molecular weight excluding hydrogens is 296 g/mol. The fourth-order valence-corrected chi connectivity index (χ4v) is 2.16. The van der Waals surface area contributed by atoms with Gasteiger partial charge in [0, 0.05) is 0 Å². The van der Waals surface area contributed by atoms with Crippen LogP contribution >= 0.6 is 0 Å². The topological polar surface area (TPSA) is 65.0 Å². The molecule has 0 spiro atoms. The van der Waals surface area contributed by atoms with E-state index in [0.717, 1.165) is 0 Å². The minimum Gasteiger partial charge on any atom is -0.493 e. The molecule has 0 aliphatic carbocycles. The third kappa shape index (κ3) is 4.23. The smallest absolute Gasteiger partial charge is 0.339 e. The number of rotatable bonds is 7. The zero-order valence-electron chi connectivity index (χ0n) is 13.1. The molecular formula is C18H20O5. The predicted octanol–water partition coefficient (Wildman–Crippen LogP) is 2.74. The molecule has 1 N–H and O–H groups in total. The van der Waals surface area contributed by atoms with Crippen molar-refractivity contribution in [2.24, 2.45) is 0 Å². The lowest BCUT2D eigenvalue weighted by Crippen LogP contribution is -2.33. The summed E-state index contributed by atoms with van der Waals surface area (Å²) in [6.45, 7) is 1.87. The van der Waals surface area contributed by atoms with E-state index in [-0.39, 0.29) is 6.61 Å². The number of para-hydroxylation sites is 2. The largest absolute Gasteiger partial charge is 0.493 e. The van der Waals surface area contributed by atoms with E-state index in [4.69, 9.17) is 14.2 Å². The first-order valence-electron chi connectivity index (χ1n) is 7.36. The normalized spacial score (nSPS) is 13.0. The second-order valence-electron chi connectivity index (χ2n) is 4.80. The fraction of sp³-hybridized carbons (Fsp3) is 0.278. The van der Waals surface area contributed by atoms with Crippen LogP contribution in [0.15, 0.2) is 54.6 Å². The lowest BCUT2D eigenvalue weighted by atomic mass is 10.0. The second kappa shape index (κ2) is 8.19. The molecule has 23 heavy (non-hydrogen) atoms. The molecule has 5 nitrogen and oxygen atoms in total. The van der Waals surface area contributed by atoms with Crippen LogP contribution in [0, 0.1) is 0 Å². The lowest BCUT2D eigenvalue weighted by Gasteiger charge is -2.24. The molecule has 0 saturated heterocycles. The van der Waals surface area contributed by atoms with Gasteiger partial charge in [-0.25, -0.2) is 4.79 Å². The molecule has 0 aliphatic rings. The molecule has 122 valence electrons. The maximum absolute atomic E-state index is 11.9. The highest BCUT2D eigenvalue weighted by Crippen LogP contribution is 2.32. The molecule has 2 rings (SSSR count). The average molecular weight is 316 g/mol. The van der Waals surface area contributed by atoms with Gasteiger partial charge in [-0.1, -0.05) is 42.5 Å². The molecule has 0 aromatic heterocycles. The number of hydrogen-bond acceptors (Lipinski definition) is 5. The lowest BCUT2D eigenvalue weighted by molar-refractivity contribution is -0.158. The zero-order chi connectivity index (χ0) is 16.7. The zero-order valence-corrected chi connectivity index (χ0v) is 13.1. The summed E-state index contributed by atoms with van der Waals surface area (Å²) in [5, 5.41) is 10.3. The molecule has 0 fully saturated rings. The van der Waals surface area contributed by atoms with Crippen LogP contribution in [0.4, 0.5) is 0 Å². The van der Waals surface area contributed by atoms with Crippen LogP contribution in [0.2, 0.25) is 0 Å². The molecule has 0 saturated carbocycles. The van der Waals surface area contributed by atoms with Crippen molar-refractivity contribution >= 4 is 5.97 Å². The summed E-state index contributed by atoms with van der Waals surface area (Å²) < 4.78 is 16.0. The van der Waals surface area contributed by atoms with Gasteiger partial charge in [-0.05, 0) is 24.6 Å². The minimum absolute atomic E-state index is 0.187. The van der Waals surface area contributed by atoms with Gasteiger partial charge in [-0.3, -0.25) is 0 Å². The average Bonchev–Trinajstić information content (AvgIpc) is 2.60. The molecule has 0 amide bonds. The maximum Gasteiger partial charge on any atom is 0.339 e. The number of esters is 1. The quantitative estimate of drug-likeness (QED) is 0.796. The van der Waals surface area contributed by atoms with E-state index in [2.05, 4.69) is 0 Å². The molecule has 0 radical (unpaired) electrons. The van der Waals surface area contributed by atoms with Crippen LogP contribution in [0.1, 0.15) is 18.6 Å². The van der Waals surface area contributed by atoms with Crippen LogP contribution in [0.25, 0.3) is 0 Å². The number of ether oxygens (including phenoxy) is 3. The summed E-state index contributed by atoms with van der Waals surface area (Å²) in [4.78, 5) is 11.9. The van der Waals surface area contributed by atoms with E-state index in [1.165, 1.54) is 7.11 Å². The summed E-state index contributed by atoms with van der Waals surface area (Å²) in [7, 11) is 1.53. The molecule has 5 heteroatoms. The Bertz CT molecular complexity index is 626. The number of carbonyl (C=O) groups excluding carboxylic acids is 1.